The molecule has 0 amide bonds. The summed E-state index contributed by atoms with van der Waals surface area (Å²) in [6.45, 7) is 0.436. The van der Waals surface area contributed by atoms with Crippen molar-refractivity contribution in [3.05, 3.63) is 51.1 Å². The molecule has 0 saturated heterocycles. The predicted octanol–water partition coefficient (Wildman–Crippen LogP) is 4.09. The maximum Gasteiger partial charge on any atom is 0.141 e. The highest BCUT2D eigenvalue weighted by molar-refractivity contribution is 9.10. The first-order chi connectivity index (χ1) is 8.75. The predicted molar refractivity (Wildman–Crippen MR) is 77.3 cm³/mol. The smallest absolute Gasteiger partial charge is 0.141 e. The molecule has 0 saturated carbocycles. The minimum atomic E-state index is 0.203. The Morgan fingerprint density at radius 2 is 2.00 bits per heavy atom. The molecular formula is C14H13BrO2S. The van der Waals surface area contributed by atoms with Gasteiger partial charge in [-0.25, -0.2) is 0 Å². The van der Waals surface area contributed by atoms with E-state index in [1.807, 2.05) is 41.8 Å². The molecule has 18 heavy (non-hydrogen) atoms. The third kappa shape index (κ3) is 3.96. The fourth-order valence-corrected chi connectivity index (χ4v) is 3.04. The van der Waals surface area contributed by atoms with Crippen LogP contribution in [0.1, 0.15) is 11.3 Å². The van der Waals surface area contributed by atoms with E-state index in [0.29, 0.717) is 19.4 Å². The van der Waals surface area contributed by atoms with E-state index in [2.05, 4.69) is 15.9 Å². The highest BCUT2D eigenvalue weighted by Crippen LogP contribution is 2.23. The van der Waals surface area contributed by atoms with Crippen LogP contribution < -0.4 is 4.74 Å². The van der Waals surface area contributed by atoms with Crippen LogP contribution in [0, 0.1) is 0 Å². The van der Waals surface area contributed by atoms with E-state index in [0.717, 1.165) is 15.1 Å². The van der Waals surface area contributed by atoms with Crippen molar-refractivity contribution < 1.29 is 9.53 Å². The number of benzene rings is 1. The molecule has 0 spiro atoms. The number of para-hydroxylation sites is 1. The minimum absolute atomic E-state index is 0.203. The third-order valence-corrected chi connectivity index (χ3v) is 4.37. The van der Waals surface area contributed by atoms with Crippen molar-refractivity contribution in [2.45, 2.75) is 12.8 Å². The van der Waals surface area contributed by atoms with Gasteiger partial charge in [-0.3, -0.25) is 4.79 Å². The second kappa shape index (κ2) is 6.71. The van der Waals surface area contributed by atoms with Crippen molar-refractivity contribution in [1.29, 1.82) is 0 Å². The summed E-state index contributed by atoms with van der Waals surface area (Å²) in [5.74, 6) is 1.01. The monoisotopic (exact) mass is 324 g/mol. The molecular weight excluding hydrogens is 312 g/mol. The molecule has 1 aromatic carbocycles. The largest absolute Gasteiger partial charge is 0.493 e. The number of hydrogen-bond acceptors (Lipinski definition) is 3. The van der Waals surface area contributed by atoms with Gasteiger partial charge in [0.25, 0.3) is 0 Å². The van der Waals surface area contributed by atoms with E-state index in [4.69, 9.17) is 4.74 Å². The van der Waals surface area contributed by atoms with E-state index in [1.54, 1.807) is 11.3 Å². The number of ketones is 1. The summed E-state index contributed by atoms with van der Waals surface area (Å²) in [7, 11) is 0. The zero-order chi connectivity index (χ0) is 12.8. The van der Waals surface area contributed by atoms with Crippen LogP contribution >= 0.6 is 27.3 Å². The molecule has 4 heteroatoms. The number of ether oxygens (including phenoxy) is 1. The summed E-state index contributed by atoms with van der Waals surface area (Å²) in [6, 6.07) is 11.5. The number of halogens is 1. The van der Waals surface area contributed by atoms with E-state index >= 15 is 0 Å². The molecule has 1 heterocycles. The second-order valence-electron chi connectivity index (χ2n) is 3.82. The zero-order valence-corrected chi connectivity index (χ0v) is 12.2. The van der Waals surface area contributed by atoms with Crippen molar-refractivity contribution >= 4 is 33.0 Å². The number of Topliss-reactive ketones (excluding diaryl/α,β-unsaturated/α-hetero) is 1. The van der Waals surface area contributed by atoms with Crippen LogP contribution in [0.25, 0.3) is 0 Å². The van der Waals surface area contributed by atoms with Crippen LogP contribution in [0.4, 0.5) is 0 Å². The molecule has 1 aromatic heterocycles. The fourth-order valence-electron chi connectivity index (χ4n) is 1.52. The van der Waals surface area contributed by atoms with Gasteiger partial charge in [0.15, 0.2) is 0 Å². The lowest BCUT2D eigenvalue weighted by Gasteiger charge is -2.05. The lowest BCUT2D eigenvalue weighted by molar-refractivity contribution is -0.118. The molecule has 0 atom stereocenters. The summed E-state index contributed by atoms with van der Waals surface area (Å²) in [5, 5.41) is 1.98. The SMILES string of the molecule is O=C(CCOc1ccccc1)Cc1sccc1Br. The highest BCUT2D eigenvalue weighted by atomic mass is 79.9. The lowest BCUT2D eigenvalue weighted by atomic mass is 10.2. The summed E-state index contributed by atoms with van der Waals surface area (Å²) in [5.41, 5.74) is 0. The first-order valence-corrected chi connectivity index (χ1v) is 7.34. The topological polar surface area (TPSA) is 26.3 Å². The number of carbonyl (C=O) groups is 1. The Labute approximate surface area is 119 Å². The molecule has 94 valence electrons. The van der Waals surface area contributed by atoms with Crippen LogP contribution in [0.5, 0.6) is 5.75 Å². The first-order valence-electron chi connectivity index (χ1n) is 5.67. The van der Waals surface area contributed by atoms with E-state index in [1.165, 1.54) is 0 Å². The number of hydrogen-bond donors (Lipinski definition) is 0. The lowest BCUT2D eigenvalue weighted by Crippen LogP contribution is -2.08. The normalized spacial score (nSPS) is 10.3. The van der Waals surface area contributed by atoms with Gasteiger partial charge in [-0.05, 0) is 39.5 Å². The van der Waals surface area contributed by atoms with E-state index in [9.17, 15) is 4.79 Å². The maximum atomic E-state index is 11.8. The molecule has 0 bridgehead atoms. The highest BCUT2D eigenvalue weighted by Gasteiger charge is 2.08. The average Bonchev–Trinajstić information content (AvgIpc) is 2.76. The molecule has 2 nitrogen and oxygen atoms in total. The van der Waals surface area contributed by atoms with Crippen molar-refractivity contribution in [2.75, 3.05) is 6.61 Å². The molecule has 0 radical (unpaired) electrons. The van der Waals surface area contributed by atoms with Crippen molar-refractivity contribution in [3.8, 4) is 5.75 Å². The Bertz CT molecular complexity index is 508. The summed E-state index contributed by atoms with van der Waals surface area (Å²) < 4.78 is 6.52. The Kier molecular flexibility index (Phi) is 4.96. The Balaban J connectivity index is 1.74. The Hall–Kier alpha value is -1.13. The second-order valence-corrected chi connectivity index (χ2v) is 5.67. The van der Waals surface area contributed by atoms with Crippen LogP contribution in [0.3, 0.4) is 0 Å². The zero-order valence-electron chi connectivity index (χ0n) is 9.77. The standard InChI is InChI=1S/C14H13BrO2S/c15-13-7-9-18-14(13)10-11(16)6-8-17-12-4-2-1-3-5-12/h1-5,7,9H,6,8,10H2. The van der Waals surface area contributed by atoms with Crippen LogP contribution in [-0.2, 0) is 11.2 Å². The quantitative estimate of drug-likeness (QED) is 0.799. The maximum absolute atomic E-state index is 11.8. The molecule has 0 aliphatic carbocycles. The summed E-state index contributed by atoms with van der Waals surface area (Å²) in [6.07, 6.45) is 0.926. The Morgan fingerprint density at radius 3 is 2.67 bits per heavy atom. The van der Waals surface area contributed by atoms with Crippen LogP contribution in [-0.4, -0.2) is 12.4 Å². The van der Waals surface area contributed by atoms with Gasteiger partial charge in [0, 0.05) is 22.2 Å². The molecule has 0 unspecified atom stereocenters. The van der Waals surface area contributed by atoms with Gasteiger partial charge in [-0.15, -0.1) is 11.3 Å². The van der Waals surface area contributed by atoms with Crippen LogP contribution in [0.2, 0.25) is 0 Å². The van der Waals surface area contributed by atoms with Gasteiger partial charge >= 0.3 is 0 Å². The van der Waals surface area contributed by atoms with Gasteiger partial charge in [-0.2, -0.15) is 0 Å². The first kappa shape index (κ1) is 13.3. The number of carbonyl (C=O) groups excluding carboxylic acids is 1. The fraction of sp³-hybridized carbons (Fsp3) is 0.214. The average molecular weight is 325 g/mol. The third-order valence-electron chi connectivity index (χ3n) is 2.44. The van der Waals surface area contributed by atoms with Gasteiger partial charge < -0.3 is 4.74 Å². The molecule has 0 N–H and O–H groups in total. The van der Waals surface area contributed by atoms with Gasteiger partial charge in [0.05, 0.1) is 6.61 Å². The molecule has 2 rings (SSSR count). The molecule has 0 aliphatic heterocycles. The van der Waals surface area contributed by atoms with Crippen LogP contribution in [0.15, 0.2) is 46.3 Å². The number of thiophene rings is 1. The van der Waals surface area contributed by atoms with E-state index in [-0.39, 0.29) is 5.78 Å². The minimum Gasteiger partial charge on any atom is -0.493 e. The van der Waals surface area contributed by atoms with Gasteiger partial charge in [-0.1, -0.05) is 18.2 Å². The molecule has 0 aliphatic rings. The molecule has 2 aromatic rings. The molecule has 0 fully saturated rings. The van der Waals surface area contributed by atoms with Crippen molar-refractivity contribution in [2.24, 2.45) is 0 Å². The van der Waals surface area contributed by atoms with Gasteiger partial charge in [0.2, 0.25) is 0 Å². The van der Waals surface area contributed by atoms with Gasteiger partial charge in [0.1, 0.15) is 11.5 Å². The number of rotatable bonds is 6. The summed E-state index contributed by atoms with van der Waals surface area (Å²) >= 11 is 5.03. The van der Waals surface area contributed by atoms with E-state index < -0.39 is 0 Å². The van der Waals surface area contributed by atoms with Crippen molar-refractivity contribution in [1.82, 2.24) is 0 Å². The Morgan fingerprint density at radius 1 is 1.22 bits per heavy atom. The summed E-state index contributed by atoms with van der Waals surface area (Å²) in [4.78, 5) is 12.8. The van der Waals surface area contributed by atoms with Crippen molar-refractivity contribution in [3.63, 3.8) is 0 Å².